The third kappa shape index (κ3) is 3.96. The van der Waals surface area contributed by atoms with Crippen LogP contribution < -0.4 is 11.1 Å². The van der Waals surface area contributed by atoms with Crippen LogP contribution in [-0.2, 0) is 9.53 Å². The summed E-state index contributed by atoms with van der Waals surface area (Å²) in [6.45, 7) is 4.74. The minimum Gasteiger partial charge on any atom is -0.383 e. The first-order chi connectivity index (χ1) is 8.10. The van der Waals surface area contributed by atoms with Crippen molar-refractivity contribution in [2.75, 3.05) is 13.7 Å². The Morgan fingerprint density at radius 2 is 2.24 bits per heavy atom. The first-order valence-corrected chi connectivity index (χ1v) is 6.65. The summed E-state index contributed by atoms with van der Waals surface area (Å²) in [5, 5.41) is 3.05. The van der Waals surface area contributed by atoms with Gasteiger partial charge in [0.1, 0.15) is 0 Å². The van der Waals surface area contributed by atoms with Gasteiger partial charge in [-0.3, -0.25) is 4.79 Å². The van der Waals surface area contributed by atoms with Crippen molar-refractivity contribution in [3.8, 4) is 0 Å². The number of hydrogen-bond acceptors (Lipinski definition) is 3. The topological polar surface area (TPSA) is 64.3 Å². The Labute approximate surface area is 104 Å². The quantitative estimate of drug-likeness (QED) is 0.763. The van der Waals surface area contributed by atoms with Crippen molar-refractivity contribution in [3.63, 3.8) is 0 Å². The van der Waals surface area contributed by atoms with Gasteiger partial charge in [-0.2, -0.15) is 0 Å². The maximum Gasteiger partial charge on any atom is 0.225 e. The van der Waals surface area contributed by atoms with Crippen LogP contribution in [0, 0.1) is 11.8 Å². The lowest BCUT2D eigenvalue weighted by Crippen LogP contribution is -2.50. The van der Waals surface area contributed by atoms with Gasteiger partial charge < -0.3 is 15.8 Å². The van der Waals surface area contributed by atoms with Crippen LogP contribution >= 0.6 is 0 Å². The average molecular weight is 242 g/mol. The minimum absolute atomic E-state index is 0.0128. The lowest BCUT2D eigenvalue weighted by Gasteiger charge is -2.34. The molecule has 17 heavy (non-hydrogen) atoms. The summed E-state index contributed by atoms with van der Waals surface area (Å²) in [6, 6.07) is 0.118. The largest absolute Gasteiger partial charge is 0.383 e. The molecule has 1 saturated carbocycles. The van der Waals surface area contributed by atoms with E-state index >= 15 is 0 Å². The molecular formula is C13H26N2O2. The highest BCUT2D eigenvalue weighted by atomic mass is 16.5. The summed E-state index contributed by atoms with van der Waals surface area (Å²) in [6.07, 6.45) is 4.09. The Bertz CT molecular complexity index is 236. The lowest BCUT2D eigenvalue weighted by atomic mass is 9.76. The molecule has 1 fully saturated rings. The molecule has 0 aliphatic heterocycles. The SMILES string of the molecule is CCC(COC)NC(=O)C1C(C)CCCC1N. The molecule has 4 heteroatoms. The van der Waals surface area contributed by atoms with Crippen LogP contribution in [0.3, 0.4) is 0 Å². The zero-order valence-corrected chi connectivity index (χ0v) is 11.2. The summed E-state index contributed by atoms with van der Waals surface area (Å²) >= 11 is 0. The second-order valence-electron chi connectivity index (χ2n) is 5.17. The van der Waals surface area contributed by atoms with Crippen LogP contribution in [0.1, 0.15) is 39.5 Å². The number of amides is 1. The van der Waals surface area contributed by atoms with Gasteiger partial charge in [0.05, 0.1) is 18.6 Å². The van der Waals surface area contributed by atoms with E-state index in [-0.39, 0.29) is 23.9 Å². The summed E-state index contributed by atoms with van der Waals surface area (Å²) < 4.78 is 5.09. The molecule has 4 atom stereocenters. The van der Waals surface area contributed by atoms with Crippen LogP contribution in [0.2, 0.25) is 0 Å². The second kappa shape index (κ2) is 6.97. The highest BCUT2D eigenvalue weighted by Crippen LogP contribution is 2.29. The number of nitrogens with two attached hydrogens (primary N) is 1. The molecule has 4 nitrogen and oxygen atoms in total. The van der Waals surface area contributed by atoms with E-state index in [0.29, 0.717) is 12.5 Å². The van der Waals surface area contributed by atoms with E-state index in [1.165, 1.54) is 0 Å². The molecule has 1 rings (SSSR count). The number of nitrogens with one attached hydrogen (secondary N) is 1. The molecule has 0 saturated heterocycles. The Kier molecular flexibility index (Phi) is 5.92. The Hall–Kier alpha value is -0.610. The van der Waals surface area contributed by atoms with E-state index in [1.807, 2.05) is 6.92 Å². The fraction of sp³-hybridized carbons (Fsp3) is 0.923. The van der Waals surface area contributed by atoms with Crippen molar-refractivity contribution >= 4 is 5.91 Å². The molecule has 4 unspecified atom stereocenters. The Morgan fingerprint density at radius 1 is 1.53 bits per heavy atom. The van der Waals surface area contributed by atoms with Crippen LogP contribution in [0.25, 0.3) is 0 Å². The van der Waals surface area contributed by atoms with Crippen molar-refractivity contribution in [1.29, 1.82) is 0 Å². The Morgan fingerprint density at radius 3 is 2.76 bits per heavy atom. The van der Waals surface area contributed by atoms with Crippen molar-refractivity contribution < 1.29 is 9.53 Å². The van der Waals surface area contributed by atoms with E-state index in [9.17, 15) is 4.79 Å². The van der Waals surface area contributed by atoms with Gasteiger partial charge in [0.2, 0.25) is 5.91 Å². The predicted octanol–water partition coefficient (Wildman–Crippen LogP) is 1.29. The maximum atomic E-state index is 12.2. The molecule has 1 aliphatic rings. The Balaban J connectivity index is 2.54. The number of carbonyl (C=O) groups excluding carboxylic acids is 1. The normalized spacial score (nSPS) is 30.9. The molecule has 0 aromatic heterocycles. The zero-order chi connectivity index (χ0) is 12.8. The molecule has 1 aliphatic carbocycles. The monoisotopic (exact) mass is 242 g/mol. The predicted molar refractivity (Wildman–Crippen MR) is 68.6 cm³/mol. The molecular weight excluding hydrogens is 216 g/mol. The van der Waals surface area contributed by atoms with Crippen molar-refractivity contribution in [2.45, 2.75) is 51.6 Å². The number of carbonyl (C=O) groups is 1. The van der Waals surface area contributed by atoms with Crippen molar-refractivity contribution in [1.82, 2.24) is 5.32 Å². The fourth-order valence-electron chi connectivity index (χ4n) is 2.67. The van der Waals surface area contributed by atoms with E-state index in [2.05, 4.69) is 12.2 Å². The summed E-state index contributed by atoms with van der Waals surface area (Å²) in [7, 11) is 1.66. The summed E-state index contributed by atoms with van der Waals surface area (Å²) in [5.41, 5.74) is 6.07. The molecule has 0 radical (unpaired) electrons. The van der Waals surface area contributed by atoms with Gasteiger partial charge in [-0.05, 0) is 25.2 Å². The molecule has 0 aromatic carbocycles. The van der Waals surface area contributed by atoms with Crippen LogP contribution in [-0.4, -0.2) is 31.7 Å². The first kappa shape index (κ1) is 14.5. The minimum atomic E-state index is -0.0327. The van der Waals surface area contributed by atoms with Crippen molar-refractivity contribution in [2.24, 2.45) is 17.6 Å². The molecule has 0 aromatic rings. The lowest BCUT2D eigenvalue weighted by molar-refractivity contribution is -0.129. The third-order valence-electron chi connectivity index (χ3n) is 3.78. The van der Waals surface area contributed by atoms with Crippen LogP contribution in [0.15, 0.2) is 0 Å². The first-order valence-electron chi connectivity index (χ1n) is 6.65. The van der Waals surface area contributed by atoms with Crippen LogP contribution in [0.4, 0.5) is 0 Å². The zero-order valence-electron chi connectivity index (χ0n) is 11.2. The van der Waals surface area contributed by atoms with E-state index in [0.717, 1.165) is 25.7 Å². The highest BCUT2D eigenvalue weighted by Gasteiger charge is 2.34. The third-order valence-corrected chi connectivity index (χ3v) is 3.78. The summed E-state index contributed by atoms with van der Waals surface area (Å²) in [4.78, 5) is 12.2. The van der Waals surface area contributed by atoms with Gasteiger partial charge >= 0.3 is 0 Å². The number of rotatable bonds is 5. The van der Waals surface area contributed by atoms with Gasteiger partial charge in [0.15, 0.2) is 0 Å². The molecule has 3 N–H and O–H groups in total. The molecule has 1 amide bonds. The molecule has 0 spiro atoms. The smallest absolute Gasteiger partial charge is 0.225 e. The van der Waals surface area contributed by atoms with Gasteiger partial charge in [-0.15, -0.1) is 0 Å². The number of methoxy groups -OCH3 is 1. The van der Waals surface area contributed by atoms with Crippen molar-refractivity contribution in [3.05, 3.63) is 0 Å². The van der Waals surface area contributed by atoms with E-state index in [1.54, 1.807) is 7.11 Å². The van der Waals surface area contributed by atoms with E-state index < -0.39 is 0 Å². The number of ether oxygens (including phenoxy) is 1. The summed E-state index contributed by atoms with van der Waals surface area (Å²) in [5.74, 6) is 0.460. The van der Waals surface area contributed by atoms with Gasteiger partial charge in [-0.1, -0.05) is 20.3 Å². The molecule has 0 heterocycles. The van der Waals surface area contributed by atoms with E-state index in [4.69, 9.17) is 10.5 Å². The van der Waals surface area contributed by atoms with Gasteiger partial charge in [0.25, 0.3) is 0 Å². The molecule has 100 valence electrons. The average Bonchev–Trinajstić information content (AvgIpc) is 2.28. The van der Waals surface area contributed by atoms with Crippen LogP contribution in [0.5, 0.6) is 0 Å². The van der Waals surface area contributed by atoms with Gasteiger partial charge in [-0.25, -0.2) is 0 Å². The standard InChI is InChI=1S/C13H26N2O2/c1-4-10(8-17-3)15-13(16)12-9(2)6-5-7-11(12)14/h9-12H,4-8,14H2,1-3H3,(H,15,16). The maximum absolute atomic E-state index is 12.2. The molecule has 0 bridgehead atoms. The highest BCUT2D eigenvalue weighted by molar-refractivity contribution is 5.80. The van der Waals surface area contributed by atoms with Gasteiger partial charge in [0, 0.05) is 13.2 Å². The second-order valence-corrected chi connectivity index (χ2v) is 5.17. The fourth-order valence-corrected chi connectivity index (χ4v) is 2.67. The number of hydrogen-bond donors (Lipinski definition) is 2.